The molecule has 228 valence electrons. The molecule has 7 heteroatoms. The SMILES string of the molecule is CC(C)(O)NC(=O)C(Cc1ccccc1)CC(O)CC(Cc1ccccc1)C(=O)N1[C@H]2c3ccccc3C[C@H]2OC1(C)C. The van der Waals surface area contributed by atoms with Gasteiger partial charge in [0.2, 0.25) is 11.8 Å². The first-order valence-corrected chi connectivity index (χ1v) is 15.3. The normalized spacial score (nSPS) is 21.0. The molecule has 0 saturated carbocycles. The summed E-state index contributed by atoms with van der Waals surface area (Å²) in [7, 11) is 0. The molecule has 3 aromatic carbocycles. The summed E-state index contributed by atoms with van der Waals surface area (Å²) in [5.74, 6) is -1.51. The maximum atomic E-state index is 14.6. The van der Waals surface area contributed by atoms with Gasteiger partial charge in [-0.1, -0.05) is 84.9 Å². The number of hydrogen-bond donors (Lipinski definition) is 3. The van der Waals surface area contributed by atoms with Gasteiger partial charge in [-0.3, -0.25) is 9.59 Å². The van der Waals surface area contributed by atoms with Crippen LogP contribution in [0.5, 0.6) is 0 Å². The average Bonchev–Trinajstić information content (AvgIpc) is 3.42. The topological polar surface area (TPSA) is 99.1 Å². The third-order valence-corrected chi connectivity index (χ3v) is 8.59. The summed E-state index contributed by atoms with van der Waals surface area (Å²) in [4.78, 5) is 29.7. The van der Waals surface area contributed by atoms with Gasteiger partial charge in [-0.05, 0) is 75.6 Å². The van der Waals surface area contributed by atoms with Crippen molar-refractivity contribution in [2.24, 2.45) is 11.8 Å². The first kappa shape index (κ1) is 30.9. The van der Waals surface area contributed by atoms with Crippen LogP contribution in [0.15, 0.2) is 84.9 Å². The van der Waals surface area contributed by atoms with E-state index in [4.69, 9.17) is 4.74 Å². The number of hydrogen-bond acceptors (Lipinski definition) is 5. The zero-order valence-electron chi connectivity index (χ0n) is 25.6. The highest BCUT2D eigenvalue weighted by Crippen LogP contribution is 2.49. The summed E-state index contributed by atoms with van der Waals surface area (Å²) in [6, 6.07) is 27.5. The van der Waals surface area contributed by atoms with Gasteiger partial charge in [-0.25, -0.2) is 0 Å². The fourth-order valence-corrected chi connectivity index (χ4v) is 6.82. The largest absolute Gasteiger partial charge is 0.393 e. The van der Waals surface area contributed by atoms with Crippen LogP contribution in [0.4, 0.5) is 0 Å². The number of fused-ring (bicyclic) bond motifs is 3. The van der Waals surface area contributed by atoms with Crippen LogP contribution in [0.3, 0.4) is 0 Å². The molecule has 0 bridgehead atoms. The van der Waals surface area contributed by atoms with Gasteiger partial charge >= 0.3 is 0 Å². The van der Waals surface area contributed by atoms with Crippen molar-refractivity contribution in [3.63, 3.8) is 0 Å². The van der Waals surface area contributed by atoms with Gasteiger partial charge in [0.15, 0.2) is 0 Å². The number of rotatable bonds is 11. The molecule has 1 fully saturated rings. The summed E-state index contributed by atoms with van der Waals surface area (Å²) in [5, 5.41) is 24.5. The Morgan fingerprint density at radius 1 is 0.907 bits per heavy atom. The monoisotopic (exact) mass is 584 g/mol. The van der Waals surface area contributed by atoms with Gasteiger partial charge < -0.3 is 25.2 Å². The Kier molecular flexibility index (Phi) is 9.07. The Labute approximate surface area is 254 Å². The Morgan fingerprint density at radius 2 is 1.44 bits per heavy atom. The van der Waals surface area contributed by atoms with E-state index in [9.17, 15) is 19.8 Å². The molecule has 3 aromatic rings. The summed E-state index contributed by atoms with van der Waals surface area (Å²) in [6.45, 7) is 6.92. The van der Waals surface area contributed by atoms with Crippen LogP contribution >= 0.6 is 0 Å². The molecule has 0 radical (unpaired) electrons. The highest BCUT2D eigenvalue weighted by molar-refractivity contribution is 5.81. The van der Waals surface area contributed by atoms with Crippen molar-refractivity contribution in [1.29, 1.82) is 0 Å². The molecular weight excluding hydrogens is 540 g/mol. The van der Waals surface area contributed by atoms with Gasteiger partial charge in [0.25, 0.3) is 0 Å². The Hall–Kier alpha value is -3.52. The predicted molar refractivity (Wildman–Crippen MR) is 166 cm³/mol. The predicted octanol–water partition coefficient (Wildman–Crippen LogP) is 4.95. The smallest absolute Gasteiger partial charge is 0.228 e. The van der Waals surface area contributed by atoms with Crippen molar-refractivity contribution in [2.45, 2.75) is 89.5 Å². The van der Waals surface area contributed by atoms with Crippen molar-refractivity contribution < 1.29 is 24.5 Å². The Balaban J connectivity index is 1.40. The van der Waals surface area contributed by atoms with E-state index < -0.39 is 29.4 Å². The van der Waals surface area contributed by atoms with E-state index in [1.165, 1.54) is 19.4 Å². The summed E-state index contributed by atoms with van der Waals surface area (Å²) in [6.07, 6.45) is 0.950. The summed E-state index contributed by atoms with van der Waals surface area (Å²) in [5.41, 5.74) is 2.10. The number of carbonyl (C=O) groups is 2. The van der Waals surface area contributed by atoms with E-state index in [0.29, 0.717) is 12.8 Å². The number of aliphatic hydroxyl groups excluding tert-OH is 1. The van der Waals surface area contributed by atoms with Crippen LogP contribution in [-0.4, -0.2) is 50.6 Å². The van der Waals surface area contributed by atoms with E-state index in [-0.39, 0.29) is 36.8 Å². The minimum absolute atomic E-state index is 0.0577. The highest BCUT2D eigenvalue weighted by atomic mass is 16.5. The zero-order valence-corrected chi connectivity index (χ0v) is 25.6. The van der Waals surface area contributed by atoms with E-state index >= 15 is 0 Å². The third kappa shape index (κ3) is 7.35. The molecule has 7 nitrogen and oxygen atoms in total. The van der Waals surface area contributed by atoms with Crippen molar-refractivity contribution in [3.8, 4) is 0 Å². The zero-order chi connectivity index (χ0) is 30.8. The van der Waals surface area contributed by atoms with E-state index in [2.05, 4.69) is 17.4 Å². The molecule has 1 heterocycles. The van der Waals surface area contributed by atoms with Crippen molar-refractivity contribution in [1.82, 2.24) is 10.2 Å². The van der Waals surface area contributed by atoms with Gasteiger partial charge in [0.05, 0.1) is 18.2 Å². The fraction of sp³-hybridized carbons (Fsp3) is 0.444. The number of carbonyl (C=O) groups excluding carboxylic acids is 2. The molecule has 1 saturated heterocycles. The molecule has 0 aromatic heterocycles. The second-order valence-electron chi connectivity index (χ2n) is 13.1. The molecule has 3 unspecified atom stereocenters. The van der Waals surface area contributed by atoms with Crippen LogP contribution in [0, 0.1) is 11.8 Å². The number of nitrogens with one attached hydrogen (secondary N) is 1. The second kappa shape index (κ2) is 12.6. The molecule has 2 amide bonds. The van der Waals surface area contributed by atoms with E-state index in [1.807, 2.05) is 91.5 Å². The standard InChI is InChI=1S/C36H44N2O5/c1-35(2,42)37-33(40)27(19-24-13-7-5-8-14-24)21-29(39)22-28(20-25-15-9-6-10-16-25)34(41)38-32-30-18-12-11-17-26(30)23-31(32)43-36(38,3)4/h5-18,27-29,31-32,39,42H,19-23H2,1-4H3,(H,37,40)/t27?,28?,29?,31-,32+/m1/s1. The molecule has 5 rings (SSSR count). The van der Waals surface area contributed by atoms with E-state index in [0.717, 1.165) is 23.1 Å². The molecule has 5 atom stereocenters. The Morgan fingerprint density at radius 3 is 2.05 bits per heavy atom. The number of amides is 2. The lowest BCUT2D eigenvalue weighted by molar-refractivity contribution is -0.153. The lowest BCUT2D eigenvalue weighted by Gasteiger charge is -2.37. The minimum Gasteiger partial charge on any atom is -0.393 e. The molecular formula is C36H44N2O5. The van der Waals surface area contributed by atoms with Crippen LogP contribution in [0.1, 0.15) is 68.8 Å². The lowest BCUT2D eigenvalue weighted by Crippen LogP contribution is -2.49. The quantitative estimate of drug-likeness (QED) is 0.277. The lowest BCUT2D eigenvalue weighted by atomic mass is 9.86. The minimum atomic E-state index is -1.39. The summed E-state index contributed by atoms with van der Waals surface area (Å²) >= 11 is 0. The first-order valence-electron chi connectivity index (χ1n) is 15.3. The second-order valence-corrected chi connectivity index (χ2v) is 13.1. The van der Waals surface area contributed by atoms with Crippen molar-refractivity contribution in [3.05, 3.63) is 107 Å². The van der Waals surface area contributed by atoms with Crippen LogP contribution in [-0.2, 0) is 33.6 Å². The van der Waals surface area contributed by atoms with Gasteiger partial charge in [-0.15, -0.1) is 0 Å². The molecule has 2 aliphatic rings. The van der Waals surface area contributed by atoms with Crippen molar-refractivity contribution >= 4 is 11.8 Å². The van der Waals surface area contributed by atoms with Gasteiger partial charge in [-0.2, -0.15) is 0 Å². The molecule has 3 N–H and O–H groups in total. The molecule has 0 spiro atoms. The van der Waals surface area contributed by atoms with Gasteiger partial charge in [0.1, 0.15) is 11.4 Å². The number of aliphatic hydroxyl groups is 2. The highest BCUT2D eigenvalue weighted by Gasteiger charge is 2.54. The van der Waals surface area contributed by atoms with E-state index in [1.54, 1.807) is 0 Å². The third-order valence-electron chi connectivity index (χ3n) is 8.59. The average molecular weight is 585 g/mol. The first-order chi connectivity index (χ1) is 20.4. The summed E-state index contributed by atoms with van der Waals surface area (Å²) < 4.78 is 6.47. The Bertz CT molecular complexity index is 1400. The van der Waals surface area contributed by atoms with Gasteiger partial charge in [0, 0.05) is 18.3 Å². The number of benzene rings is 3. The molecule has 1 aliphatic carbocycles. The maximum absolute atomic E-state index is 14.6. The van der Waals surface area contributed by atoms with Crippen LogP contribution in [0.2, 0.25) is 0 Å². The van der Waals surface area contributed by atoms with Crippen LogP contribution < -0.4 is 5.32 Å². The maximum Gasteiger partial charge on any atom is 0.228 e. The van der Waals surface area contributed by atoms with Crippen molar-refractivity contribution in [2.75, 3.05) is 0 Å². The molecule has 1 aliphatic heterocycles. The molecule has 43 heavy (non-hydrogen) atoms. The van der Waals surface area contributed by atoms with Crippen LogP contribution in [0.25, 0.3) is 0 Å². The number of ether oxygens (including phenoxy) is 1. The number of nitrogens with zero attached hydrogens (tertiary/aromatic N) is 1. The fourth-order valence-electron chi connectivity index (χ4n) is 6.82.